The fourth-order valence-electron chi connectivity index (χ4n) is 2.29. The number of pyridine rings is 1. The maximum atomic E-state index is 6.04. The molecule has 3 heterocycles. The van der Waals surface area contributed by atoms with Gasteiger partial charge in [0.25, 0.3) is 0 Å². The second-order valence-electron chi connectivity index (χ2n) is 5.00. The van der Waals surface area contributed by atoms with E-state index < -0.39 is 0 Å². The normalized spacial score (nSPS) is 11.4. The summed E-state index contributed by atoms with van der Waals surface area (Å²) in [5, 5.41) is 0. The third-order valence-electron chi connectivity index (χ3n) is 3.46. The Hall–Kier alpha value is -1.39. The van der Waals surface area contributed by atoms with Crippen LogP contribution in [0.2, 0.25) is 0 Å². The number of nitrogens with zero attached hydrogens (tertiary/aromatic N) is 3. The summed E-state index contributed by atoms with van der Waals surface area (Å²) in [7, 11) is 0. The maximum absolute atomic E-state index is 6.04. The predicted molar refractivity (Wildman–Crippen MR) is 84.7 cm³/mol. The van der Waals surface area contributed by atoms with E-state index in [-0.39, 0.29) is 0 Å². The Morgan fingerprint density at radius 2 is 2.00 bits per heavy atom. The molecule has 0 N–H and O–H groups in total. The smallest absolute Gasteiger partial charge is 0.160 e. The van der Waals surface area contributed by atoms with Crippen LogP contribution < -0.4 is 0 Å². The topological polar surface area (TPSA) is 30.7 Å². The van der Waals surface area contributed by atoms with Crippen LogP contribution in [0.15, 0.2) is 18.2 Å². The molecule has 0 unspecified atom stereocenters. The van der Waals surface area contributed by atoms with Crippen LogP contribution in [0.3, 0.4) is 0 Å². The highest BCUT2D eigenvalue weighted by Gasteiger charge is 2.13. The highest BCUT2D eigenvalue weighted by atomic mass is 35.5. The fourth-order valence-corrected chi connectivity index (χ4v) is 3.54. The van der Waals surface area contributed by atoms with E-state index in [2.05, 4.69) is 34.4 Å². The number of fused-ring (bicyclic) bond motifs is 1. The van der Waals surface area contributed by atoms with Crippen LogP contribution in [0.5, 0.6) is 0 Å². The number of hydrogen-bond acceptors (Lipinski definition) is 3. The van der Waals surface area contributed by atoms with Crippen molar-refractivity contribution in [2.24, 2.45) is 0 Å². The van der Waals surface area contributed by atoms with Gasteiger partial charge >= 0.3 is 0 Å². The molecule has 0 fully saturated rings. The summed E-state index contributed by atoms with van der Waals surface area (Å²) in [6.45, 7) is 7.08. The maximum Gasteiger partial charge on any atom is 0.160 e. The zero-order valence-electron chi connectivity index (χ0n) is 11.8. The van der Waals surface area contributed by atoms with Gasteiger partial charge in [0.1, 0.15) is 11.3 Å². The van der Waals surface area contributed by atoms with Crippen LogP contribution in [-0.4, -0.2) is 14.5 Å². The summed E-state index contributed by atoms with van der Waals surface area (Å²) in [6, 6.07) is 6.23. The van der Waals surface area contributed by atoms with Crippen LogP contribution >= 0.6 is 22.9 Å². The first-order chi connectivity index (χ1) is 9.58. The summed E-state index contributed by atoms with van der Waals surface area (Å²) >= 11 is 7.86. The van der Waals surface area contributed by atoms with Crippen molar-refractivity contribution in [3.63, 3.8) is 0 Å². The summed E-state index contributed by atoms with van der Waals surface area (Å²) in [6.07, 6.45) is 0. The first-order valence-corrected chi connectivity index (χ1v) is 7.88. The minimum absolute atomic E-state index is 0.402. The molecule has 104 valence electrons. The number of rotatable bonds is 3. The quantitative estimate of drug-likeness (QED) is 0.679. The summed E-state index contributed by atoms with van der Waals surface area (Å²) < 4.78 is 2.13. The van der Waals surface area contributed by atoms with Crippen molar-refractivity contribution in [1.82, 2.24) is 14.5 Å². The summed E-state index contributed by atoms with van der Waals surface area (Å²) in [5.74, 6) is 1.28. The highest BCUT2D eigenvalue weighted by Crippen LogP contribution is 2.24. The minimum atomic E-state index is 0.402. The third-order valence-corrected chi connectivity index (χ3v) is 4.84. The molecular weight excluding hydrogens is 290 g/mol. The lowest BCUT2D eigenvalue weighted by Gasteiger charge is -2.05. The molecule has 3 aromatic heterocycles. The number of aryl methyl sites for hydroxylation is 3. The minimum Gasteiger partial charge on any atom is -0.306 e. The van der Waals surface area contributed by atoms with Gasteiger partial charge in [0.15, 0.2) is 5.65 Å². The van der Waals surface area contributed by atoms with Crippen molar-refractivity contribution >= 4 is 34.1 Å². The van der Waals surface area contributed by atoms with Gasteiger partial charge in [-0.15, -0.1) is 22.9 Å². The van der Waals surface area contributed by atoms with Crippen LogP contribution in [-0.2, 0) is 12.4 Å². The van der Waals surface area contributed by atoms with E-state index in [4.69, 9.17) is 11.6 Å². The molecule has 0 radical (unpaired) electrons. The third kappa shape index (κ3) is 2.34. The van der Waals surface area contributed by atoms with Gasteiger partial charge in [0.2, 0.25) is 0 Å². The summed E-state index contributed by atoms with van der Waals surface area (Å²) in [4.78, 5) is 11.9. The van der Waals surface area contributed by atoms with Crippen LogP contribution in [0.4, 0.5) is 0 Å². The standard InChI is InChI=1S/C15H16ClN3S/c1-9-6-12(20-11(9)3)8-19-14(7-16)18-13-5-4-10(2)17-15(13)19/h4-6H,7-8H2,1-3H3. The van der Waals surface area contributed by atoms with E-state index >= 15 is 0 Å². The van der Waals surface area contributed by atoms with E-state index in [1.807, 2.05) is 30.4 Å². The van der Waals surface area contributed by atoms with E-state index in [1.165, 1.54) is 15.3 Å². The van der Waals surface area contributed by atoms with Gasteiger partial charge in [-0.25, -0.2) is 9.97 Å². The Balaban J connectivity index is 2.11. The molecule has 0 saturated carbocycles. The molecule has 0 spiro atoms. The average Bonchev–Trinajstić information content (AvgIpc) is 2.91. The van der Waals surface area contributed by atoms with Crippen molar-refractivity contribution in [3.8, 4) is 0 Å². The number of alkyl halides is 1. The second kappa shape index (κ2) is 5.19. The van der Waals surface area contributed by atoms with Gasteiger partial charge in [0.05, 0.1) is 12.4 Å². The number of halogens is 1. The van der Waals surface area contributed by atoms with E-state index in [1.54, 1.807) is 0 Å². The lowest BCUT2D eigenvalue weighted by molar-refractivity contribution is 0.779. The Kier molecular flexibility index (Phi) is 3.52. The molecule has 0 saturated heterocycles. The first kappa shape index (κ1) is 13.6. The second-order valence-corrected chi connectivity index (χ2v) is 6.60. The largest absolute Gasteiger partial charge is 0.306 e. The number of imidazole rings is 1. The molecule has 0 aliphatic rings. The highest BCUT2D eigenvalue weighted by molar-refractivity contribution is 7.12. The van der Waals surface area contributed by atoms with Crippen molar-refractivity contribution in [3.05, 3.63) is 45.0 Å². The zero-order chi connectivity index (χ0) is 14.3. The Morgan fingerprint density at radius 1 is 1.20 bits per heavy atom. The molecule has 3 aromatic rings. The van der Waals surface area contributed by atoms with E-state index in [0.717, 1.165) is 29.2 Å². The van der Waals surface area contributed by atoms with Crippen LogP contribution in [0.25, 0.3) is 11.2 Å². The number of thiophene rings is 1. The van der Waals surface area contributed by atoms with Crippen LogP contribution in [0.1, 0.15) is 26.8 Å². The Morgan fingerprint density at radius 3 is 2.65 bits per heavy atom. The molecule has 0 aliphatic heterocycles. The molecule has 3 nitrogen and oxygen atoms in total. The molecule has 0 amide bonds. The molecule has 0 aromatic carbocycles. The van der Waals surface area contributed by atoms with E-state index in [9.17, 15) is 0 Å². The SMILES string of the molecule is Cc1ccc2nc(CCl)n(Cc3cc(C)c(C)s3)c2n1. The van der Waals surface area contributed by atoms with Gasteiger partial charge < -0.3 is 4.57 Å². The van der Waals surface area contributed by atoms with Gasteiger partial charge in [0, 0.05) is 15.4 Å². The molecule has 0 bridgehead atoms. The summed E-state index contributed by atoms with van der Waals surface area (Å²) in [5.41, 5.74) is 4.17. The lowest BCUT2D eigenvalue weighted by atomic mass is 10.3. The van der Waals surface area contributed by atoms with Crippen molar-refractivity contribution < 1.29 is 0 Å². The zero-order valence-corrected chi connectivity index (χ0v) is 13.3. The van der Waals surface area contributed by atoms with Crippen LogP contribution in [0, 0.1) is 20.8 Å². The average molecular weight is 306 g/mol. The number of hydrogen-bond donors (Lipinski definition) is 0. The van der Waals surface area contributed by atoms with Crippen molar-refractivity contribution in [2.75, 3.05) is 0 Å². The molecule has 20 heavy (non-hydrogen) atoms. The predicted octanol–water partition coefficient (Wildman–Crippen LogP) is 4.21. The van der Waals surface area contributed by atoms with Crippen molar-refractivity contribution in [1.29, 1.82) is 0 Å². The van der Waals surface area contributed by atoms with Gasteiger partial charge in [-0.05, 0) is 44.5 Å². The molecule has 5 heteroatoms. The molecule has 0 aliphatic carbocycles. The van der Waals surface area contributed by atoms with Gasteiger partial charge in [-0.2, -0.15) is 0 Å². The van der Waals surface area contributed by atoms with Gasteiger partial charge in [-0.3, -0.25) is 0 Å². The number of aromatic nitrogens is 3. The lowest BCUT2D eigenvalue weighted by Crippen LogP contribution is -2.03. The Labute approximate surface area is 127 Å². The monoisotopic (exact) mass is 305 g/mol. The molecule has 0 atom stereocenters. The molecule has 3 rings (SSSR count). The van der Waals surface area contributed by atoms with E-state index in [0.29, 0.717) is 5.88 Å². The Bertz CT molecular complexity index is 753. The van der Waals surface area contributed by atoms with Crippen molar-refractivity contribution in [2.45, 2.75) is 33.2 Å². The van der Waals surface area contributed by atoms with Gasteiger partial charge in [-0.1, -0.05) is 0 Å². The molecular formula is C15H16ClN3S. The fraction of sp³-hybridized carbons (Fsp3) is 0.333. The first-order valence-electron chi connectivity index (χ1n) is 6.53.